The number of benzene rings is 1. The molecule has 3 atom stereocenters. The third-order valence-corrected chi connectivity index (χ3v) is 6.02. The van der Waals surface area contributed by atoms with Gasteiger partial charge in [-0.15, -0.1) is 0 Å². The Kier molecular flexibility index (Phi) is 4.11. The van der Waals surface area contributed by atoms with Gasteiger partial charge in [0.2, 0.25) is 0 Å². The number of esters is 1. The second-order valence-corrected chi connectivity index (χ2v) is 8.22. The van der Waals surface area contributed by atoms with Crippen molar-refractivity contribution in [3.63, 3.8) is 0 Å². The highest BCUT2D eigenvalue weighted by Crippen LogP contribution is 2.45. The number of hydrogen-bond donors (Lipinski definition) is 0. The summed E-state index contributed by atoms with van der Waals surface area (Å²) in [5.41, 5.74) is 4.24. The number of nitrogens with zero attached hydrogens (tertiary/aromatic N) is 2. The molecule has 1 aliphatic carbocycles. The Hall–Kier alpha value is -1.81. The molecular formula is C21H28N2O2. The molecule has 1 aliphatic heterocycles. The van der Waals surface area contributed by atoms with Crippen molar-refractivity contribution >= 4 is 16.9 Å². The van der Waals surface area contributed by atoms with Crippen LogP contribution in [0.4, 0.5) is 0 Å². The molecule has 0 N–H and O–H groups in total. The summed E-state index contributed by atoms with van der Waals surface area (Å²) in [6.07, 6.45) is 4.34. The number of likely N-dealkylation sites (N-methyl/N-ethyl adjacent to an activating group) is 1. The molecule has 134 valence electrons. The Morgan fingerprint density at radius 3 is 2.88 bits per heavy atom. The Morgan fingerprint density at radius 1 is 1.36 bits per heavy atom. The standard InChI is InChI=1S/C21H28N2O2/c1-13(2)10-23-12-14-9-19-17(16-6-5-7-18(23)20(14)16)8-15(11-22(19)3)21(24)25-4/h5-7,12-13,15,17,19H,8-11H2,1-4H3. The van der Waals surface area contributed by atoms with Crippen LogP contribution in [0.2, 0.25) is 0 Å². The molecule has 0 bridgehead atoms. The summed E-state index contributed by atoms with van der Waals surface area (Å²) in [5, 5.41) is 1.43. The van der Waals surface area contributed by atoms with Gasteiger partial charge in [-0.05, 0) is 43.0 Å². The van der Waals surface area contributed by atoms with Crippen molar-refractivity contribution in [3.05, 3.63) is 35.5 Å². The molecule has 1 aromatic carbocycles. The summed E-state index contributed by atoms with van der Waals surface area (Å²) in [7, 11) is 3.66. The number of methoxy groups -OCH3 is 1. The molecule has 1 fully saturated rings. The van der Waals surface area contributed by atoms with Crippen LogP contribution in [0.1, 0.15) is 37.3 Å². The molecule has 1 saturated heterocycles. The highest BCUT2D eigenvalue weighted by atomic mass is 16.5. The van der Waals surface area contributed by atoms with Gasteiger partial charge in [0.25, 0.3) is 0 Å². The first-order chi connectivity index (χ1) is 12.0. The molecule has 2 aliphatic rings. The summed E-state index contributed by atoms with van der Waals surface area (Å²) in [5.74, 6) is 0.946. The number of aromatic nitrogens is 1. The SMILES string of the molecule is COC(=O)C1CC2c3cccc4c3c(cn4CC(C)C)CC2N(C)C1. The van der Waals surface area contributed by atoms with E-state index in [-0.39, 0.29) is 11.9 Å². The summed E-state index contributed by atoms with van der Waals surface area (Å²) in [6.45, 7) is 6.38. The van der Waals surface area contributed by atoms with Crippen molar-refractivity contribution in [3.8, 4) is 0 Å². The maximum absolute atomic E-state index is 12.1. The molecule has 3 unspecified atom stereocenters. The number of hydrogen-bond acceptors (Lipinski definition) is 3. The number of piperidine rings is 1. The zero-order chi connectivity index (χ0) is 17.7. The Morgan fingerprint density at radius 2 is 2.16 bits per heavy atom. The van der Waals surface area contributed by atoms with E-state index >= 15 is 0 Å². The smallest absolute Gasteiger partial charge is 0.309 e. The second kappa shape index (κ2) is 6.17. The van der Waals surface area contributed by atoms with E-state index in [1.807, 2.05) is 0 Å². The van der Waals surface area contributed by atoms with E-state index in [1.54, 1.807) is 0 Å². The highest BCUT2D eigenvalue weighted by molar-refractivity contribution is 5.89. The fourth-order valence-corrected chi connectivity index (χ4v) is 5.00. The summed E-state index contributed by atoms with van der Waals surface area (Å²) < 4.78 is 7.46. The number of likely N-dealkylation sites (tertiary alicyclic amines) is 1. The molecule has 0 spiro atoms. The molecule has 2 heterocycles. The van der Waals surface area contributed by atoms with Crippen LogP contribution in [0.3, 0.4) is 0 Å². The van der Waals surface area contributed by atoms with E-state index in [9.17, 15) is 4.79 Å². The first-order valence-electron chi connectivity index (χ1n) is 9.38. The van der Waals surface area contributed by atoms with E-state index in [0.29, 0.717) is 17.9 Å². The fraction of sp³-hybridized carbons (Fsp3) is 0.571. The summed E-state index contributed by atoms with van der Waals surface area (Å²) in [4.78, 5) is 14.5. The van der Waals surface area contributed by atoms with Crippen LogP contribution in [0, 0.1) is 11.8 Å². The Balaban J connectivity index is 1.79. The lowest BCUT2D eigenvalue weighted by Crippen LogP contribution is -2.49. The molecule has 2 aromatic rings. The van der Waals surface area contributed by atoms with Gasteiger partial charge in [0, 0.05) is 42.1 Å². The fourth-order valence-electron chi connectivity index (χ4n) is 5.00. The zero-order valence-electron chi connectivity index (χ0n) is 15.7. The molecular weight excluding hydrogens is 312 g/mol. The lowest BCUT2D eigenvalue weighted by atomic mass is 9.72. The maximum atomic E-state index is 12.1. The van der Waals surface area contributed by atoms with Crippen LogP contribution < -0.4 is 0 Å². The first-order valence-corrected chi connectivity index (χ1v) is 9.38. The van der Waals surface area contributed by atoms with Gasteiger partial charge in [0.05, 0.1) is 13.0 Å². The van der Waals surface area contributed by atoms with Crippen molar-refractivity contribution in [2.45, 2.75) is 45.2 Å². The second-order valence-electron chi connectivity index (χ2n) is 8.22. The topological polar surface area (TPSA) is 34.5 Å². The molecule has 0 radical (unpaired) electrons. The maximum Gasteiger partial charge on any atom is 0.309 e. The summed E-state index contributed by atoms with van der Waals surface area (Å²) in [6, 6.07) is 7.18. The summed E-state index contributed by atoms with van der Waals surface area (Å²) >= 11 is 0. The van der Waals surface area contributed by atoms with E-state index in [2.05, 4.69) is 54.8 Å². The van der Waals surface area contributed by atoms with E-state index in [1.165, 1.54) is 29.1 Å². The highest BCUT2D eigenvalue weighted by Gasteiger charge is 2.42. The van der Waals surface area contributed by atoms with Gasteiger partial charge in [-0.1, -0.05) is 26.0 Å². The molecule has 4 nitrogen and oxygen atoms in total. The molecule has 1 aromatic heterocycles. The van der Waals surface area contributed by atoms with Gasteiger partial charge in [-0.3, -0.25) is 4.79 Å². The van der Waals surface area contributed by atoms with Gasteiger partial charge in [-0.25, -0.2) is 0 Å². The normalized spacial score (nSPS) is 26.0. The average molecular weight is 340 g/mol. The van der Waals surface area contributed by atoms with E-state index in [0.717, 1.165) is 25.9 Å². The van der Waals surface area contributed by atoms with Crippen LogP contribution in [-0.4, -0.2) is 42.2 Å². The number of carbonyl (C=O) groups excluding carboxylic acids is 1. The van der Waals surface area contributed by atoms with Gasteiger partial charge in [0.1, 0.15) is 0 Å². The third kappa shape index (κ3) is 2.67. The average Bonchev–Trinajstić information content (AvgIpc) is 2.93. The Labute approximate surface area is 149 Å². The van der Waals surface area contributed by atoms with Gasteiger partial charge >= 0.3 is 5.97 Å². The third-order valence-electron chi connectivity index (χ3n) is 6.02. The van der Waals surface area contributed by atoms with Crippen molar-refractivity contribution in [1.82, 2.24) is 9.47 Å². The quantitative estimate of drug-likeness (QED) is 0.803. The number of ether oxygens (including phenoxy) is 1. The van der Waals surface area contributed by atoms with E-state index < -0.39 is 0 Å². The number of carbonyl (C=O) groups is 1. The monoisotopic (exact) mass is 340 g/mol. The lowest BCUT2D eigenvalue weighted by Gasteiger charge is -2.44. The molecule has 25 heavy (non-hydrogen) atoms. The van der Waals surface area contributed by atoms with Crippen molar-refractivity contribution in [1.29, 1.82) is 0 Å². The largest absolute Gasteiger partial charge is 0.469 e. The minimum absolute atomic E-state index is 0.0224. The van der Waals surface area contributed by atoms with Crippen LogP contribution in [0.5, 0.6) is 0 Å². The predicted molar refractivity (Wildman–Crippen MR) is 99.8 cm³/mol. The van der Waals surface area contributed by atoms with Crippen LogP contribution in [-0.2, 0) is 22.5 Å². The molecule has 0 saturated carbocycles. The Bertz CT molecular complexity index is 808. The van der Waals surface area contributed by atoms with Gasteiger partial charge < -0.3 is 14.2 Å². The van der Waals surface area contributed by atoms with Crippen molar-refractivity contribution in [2.24, 2.45) is 11.8 Å². The molecule has 4 heteroatoms. The van der Waals surface area contributed by atoms with Crippen LogP contribution >= 0.6 is 0 Å². The lowest BCUT2D eigenvalue weighted by molar-refractivity contribution is -0.148. The van der Waals surface area contributed by atoms with Crippen LogP contribution in [0.25, 0.3) is 10.9 Å². The molecule has 4 rings (SSSR count). The minimum Gasteiger partial charge on any atom is -0.469 e. The van der Waals surface area contributed by atoms with E-state index in [4.69, 9.17) is 4.74 Å². The zero-order valence-corrected chi connectivity index (χ0v) is 15.7. The van der Waals surface area contributed by atoms with Crippen LogP contribution in [0.15, 0.2) is 24.4 Å². The predicted octanol–water partition coefficient (Wildman–Crippen LogP) is 3.43. The first kappa shape index (κ1) is 16.6. The van der Waals surface area contributed by atoms with Gasteiger partial charge in [0.15, 0.2) is 0 Å². The minimum atomic E-state index is -0.0688. The number of fused-ring (bicyclic) bond motifs is 2. The van der Waals surface area contributed by atoms with Gasteiger partial charge in [-0.2, -0.15) is 0 Å². The van der Waals surface area contributed by atoms with Crippen molar-refractivity contribution < 1.29 is 9.53 Å². The van der Waals surface area contributed by atoms with Crippen molar-refractivity contribution in [2.75, 3.05) is 20.7 Å². The number of rotatable bonds is 3. The molecule has 0 amide bonds.